The van der Waals surface area contributed by atoms with Crippen molar-refractivity contribution in [3.8, 4) is 51.6 Å². The summed E-state index contributed by atoms with van der Waals surface area (Å²) in [5.74, 6) is -3.01. The van der Waals surface area contributed by atoms with Crippen LogP contribution >= 0.6 is 0 Å². The molecule has 1 atom stereocenters. The highest BCUT2D eigenvalue weighted by atomic mass is 16.5. The van der Waals surface area contributed by atoms with E-state index in [9.17, 15) is 30.0 Å². The number of esters is 1. The van der Waals surface area contributed by atoms with Crippen molar-refractivity contribution < 1.29 is 43.8 Å². The van der Waals surface area contributed by atoms with Gasteiger partial charge >= 0.3 is 5.97 Å². The number of phenols is 3. The van der Waals surface area contributed by atoms with Crippen LogP contribution in [0, 0.1) is 0 Å². The van der Waals surface area contributed by atoms with Crippen LogP contribution in [0.1, 0.15) is 23.5 Å². The van der Waals surface area contributed by atoms with Gasteiger partial charge in [-0.25, -0.2) is 0 Å². The first-order valence-electron chi connectivity index (χ1n) is 10.7. The van der Waals surface area contributed by atoms with Gasteiger partial charge in [0, 0.05) is 28.7 Å². The lowest BCUT2D eigenvalue weighted by molar-refractivity contribution is -0.135. The maximum absolute atomic E-state index is 13.2. The average molecular weight is 492 g/mol. The first-order chi connectivity index (χ1) is 17.2. The molecule has 1 aliphatic rings. The van der Waals surface area contributed by atoms with Crippen LogP contribution in [0.2, 0.25) is 0 Å². The number of phenolic OH excluding ortho intramolecular Hbond substituents is 3. The van der Waals surface area contributed by atoms with Gasteiger partial charge < -0.3 is 39.1 Å². The van der Waals surface area contributed by atoms with E-state index in [1.165, 1.54) is 20.3 Å². The van der Waals surface area contributed by atoms with E-state index in [1.807, 2.05) is 0 Å². The summed E-state index contributed by atoms with van der Waals surface area (Å²) in [5, 5.41) is 40.5. The van der Waals surface area contributed by atoms with Gasteiger partial charge in [-0.05, 0) is 36.4 Å². The second kappa shape index (κ2) is 8.42. The molecule has 10 heteroatoms. The summed E-state index contributed by atoms with van der Waals surface area (Å²) in [5.41, 5.74) is -0.163. The Balaban J connectivity index is 1.87. The molecular weight excluding hydrogens is 472 g/mol. The van der Waals surface area contributed by atoms with Crippen molar-refractivity contribution in [2.45, 2.75) is 12.3 Å². The summed E-state index contributed by atoms with van der Waals surface area (Å²) in [6.07, 6.45) is -0.143. The maximum atomic E-state index is 13.2. The second-order valence-electron chi connectivity index (χ2n) is 8.16. The van der Waals surface area contributed by atoms with Crippen LogP contribution in [0.15, 0.2) is 51.7 Å². The average Bonchev–Trinajstić information content (AvgIpc) is 2.86. The number of hydrogen-bond donors (Lipinski definition) is 4. The number of carbonyl (C=O) groups is 1. The van der Waals surface area contributed by atoms with Crippen molar-refractivity contribution in [1.82, 2.24) is 0 Å². The van der Waals surface area contributed by atoms with Crippen LogP contribution in [0.5, 0.6) is 40.2 Å². The number of hydrogen-bond acceptors (Lipinski definition) is 10. The van der Waals surface area contributed by atoms with E-state index in [-0.39, 0.29) is 40.0 Å². The molecule has 0 saturated heterocycles. The number of benzene rings is 3. The third kappa shape index (κ3) is 3.50. The van der Waals surface area contributed by atoms with E-state index in [0.717, 1.165) is 18.2 Å². The van der Waals surface area contributed by atoms with Crippen LogP contribution in [0.3, 0.4) is 0 Å². The Hall–Kier alpha value is -4.86. The predicted molar refractivity (Wildman–Crippen MR) is 126 cm³/mol. The lowest BCUT2D eigenvalue weighted by Crippen LogP contribution is -2.22. The Morgan fingerprint density at radius 3 is 2.36 bits per heavy atom. The molecule has 0 amide bonds. The van der Waals surface area contributed by atoms with E-state index in [1.54, 1.807) is 18.2 Å². The fraction of sp³-hybridized carbons (Fsp3) is 0.154. The molecule has 10 nitrogen and oxygen atoms in total. The number of methoxy groups -OCH3 is 2. The third-order valence-corrected chi connectivity index (χ3v) is 6.12. The minimum Gasteiger partial charge on any atom is -0.507 e. The fourth-order valence-electron chi connectivity index (χ4n) is 4.42. The molecule has 0 fully saturated rings. The molecule has 4 aromatic rings. The van der Waals surface area contributed by atoms with Crippen molar-refractivity contribution in [2.75, 3.05) is 14.2 Å². The van der Waals surface area contributed by atoms with Crippen molar-refractivity contribution >= 4 is 16.9 Å². The number of aromatic hydroxyl groups is 4. The monoisotopic (exact) mass is 492 g/mol. The zero-order chi connectivity index (χ0) is 25.7. The topological polar surface area (TPSA) is 156 Å². The van der Waals surface area contributed by atoms with Crippen molar-refractivity contribution in [3.05, 3.63) is 63.8 Å². The van der Waals surface area contributed by atoms with Gasteiger partial charge in [0.05, 0.1) is 20.6 Å². The van der Waals surface area contributed by atoms with E-state index in [4.69, 9.17) is 18.6 Å². The number of ether oxygens (including phenoxy) is 3. The minimum atomic E-state index is -0.938. The SMILES string of the molecule is COc1ccc(OC)c([C@@H]2CC(=O)Oc3cc(O)c4c(=O)c(O)c(-c5ccc(O)c(O)c5)oc4c32)c1. The zero-order valence-electron chi connectivity index (χ0n) is 19.1. The summed E-state index contributed by atoms with van der Waals surface area (Å²) in [6, 6.07) is 9.76. The second-order valence-corrected chi connectivity index (χ2v) is 8.16. The molecule has 0 aliphatic carbocycles. The van der Waals surface area contributed by atoms with Gasteiger partial charge in [0.15, 0.2) is 17.3 Å². The largest absolute Gasteiger partial charge is 0.507 e. The normalized spacial score (nSPS) is 14.8. The quantitative estimate of drug-likeness (QED) is 0.188. The Morgan fingerprint density at radius 2 is 1.67 bits per heavy atom. The Kier molecular flexibility index (Phi) is 5.36. The molecule has 5 rings (SSSR count). The molecule has 0 bridgehead atoms. The summed E-state index contributed by atoms with van der Waals surface area (Å²) in [6.45, 7) is 0. The standard InChI is InChI=1S/C26H20O10/c1-33-12-4-6-18(34-2)13(8-12)14-9-20(30)35-19-10-17(29)22-23(31)24(32)25(36-26(22)21(14)19)11-3-5-15(27)16(28)7-11/h3-8,10,14,27-29,32H,9H2,1-2H3/t14-/m0/s1. The lowest BCUT2D eigenvalue weighted by Gasteiger charge is -2.27. The third-order valence-electron chi connectivity index (χ3n) is 6.12. The number of carbonyl (C=O) groups excluding carboxylic acids is 1. The highest BCUT2D eigenvalue weighted by Gasteiger charge is 2.36. The summed E-state index contributed by atoms with van der Waals surface area (Å²) >= 11 is 0. The van der Waals surface area contributed by atoms with E-state index < -0.39 is 40.3 Å². The highest BCUT2D eigenvalue weighted by molar-refractivity contribution is 5.94. The minimum absolute atomic E-state index is 0.0283. The van der Waals surface area contributed by atoms with E-state index >= 15 is 0 Å². The zero-order valence-corrected chi connectivity index (χ0v) is 19.1. The van der Waals surface area contributed by atoms with Gasteiger partial charge in [0.2, 0.25) is 11.2 Å². The summed E-state index contributed by atoms with van der Waals surface area (Å²) in [7, 11) is 2.96. The van der Waals surface area contributed by atoms with Gasteiger partial charge in [0.25, 0.3) is 0 Å². The van der Waals surface area contributed by atoms with Crippen LogP contribution in [0.4, 0.5) is 0 Å². The van der Waals surface area contributed by atoms with Crippen LogP contribution < -0.4 is 19.6 Å². The summed E-state index contributed by atoms with van der Waals surface area (Å²) in [4.78, 5) is 25.7. The molecule has 2 heterocycles. The van der Waals surface area contributed by atoms with Crippen LogP contribution in [0.25, 0.3) is 22.3 Å². The van der Waals surface area contributed by atoms with Crippen molar-refractivity contribution in [1.29, 1.82) is 0 Å². The molecule has 1 aromatic heterocycles. The van der Waals surface area contributed by atoms with E-state index in [0.29, 0.717) is 17.1 Å². The van der Waals surface area contributed by atoms with Crippen LogP contribution in [-0.2, 0) is 4.79 Å². The highest BCUT2D eigenvalue weighted by Crippen LogP contribution is 2.49. The molecule has 0 radical (unpaired) electrons. The van der Waals surface area contributed by atoms with Crippen molar-refractivity contribution in [3.63, 3.8) is 0 Å². The van der Waals surface area contributed by atoms with Gasteiger partial charge in [-0.1, -0.05) is 0 Å². The summed E-state index contributed by atoms with van der Waals surface area (Å²) < 4.78 is 22.2. The molecule has 36 heavy (non-hydrogen) atoms. The molecular formula is C26H20O10. The Bertz CT molecular complexity index is 1600. The molecule has 0 unspecified atom stereocenters. The molecule has 0 saturated carbocycles. The van der Waals surface area contributed by atoms with E-state index in [2.05, 4.69) is 0 Å². The molecule has 1 aliphatic heterocycles. The predicted octanol–water partition coefficient (Wildman–Crippen LogP) is 3.74. The maximum Gasteiger partial charge on any atom is 0.312 e. The molecule has 184 valence electrons. The fourth-order valence-corrected chi connectivity index (χ4v) is 4.42. The van der Waals surface area contributed by atoms with Gasteiger partial charge in [-0.2, -0.15) is 0 Å². The van der Waals surface area contributed by atoms with Crippen LogP contribution in [-0.4, -0.2) is 40.6 Å². The molecule has 4 N–H and O–H groups in total. The van der Waals surface area contributed by atoms with Gasteiger partial charge in [0.1, 0.15) is 34.0 Å². The first kappa shape index (κ1) is 22.9. The molecule has 0 spiro atoms. The number of fused-ring (bicyclic) bond motifs is 3. The smallest absolute Gasteiger partial charge is 0.312 e. The number of rotatable bonds is 4. The van der Waals surface area contributed by atoms with Gasteiger partial charge in [-0.3, -0.25) is 9.59 Å². The van der Waals surface area contributed by atoms with Crippen molar-refractivity contribution in [2.24, 2.45) is 0 Å². The Morgan fingerprint density at radius 1 is 0.889 bits per heavy atom. The Labute approximate surface area is 203 Å². The molecule has 3 aromatic carbocycles. The van der Waals surface area contributed by atoms with Gasteiger partial charge in [-0.15, -0.1) is 0 Å². The first-order valence-corrected chi connectivity index (χ1v) is 10.7. The lowest BCUT2D eigenvalue weighted by atomic mass is 9.84.